The molecule has 0 saturated heterocycles. The number of carbonyl (C=O) groups excluding carboxylic acids is 2. The molecule has 0 spiro atoms. The van der Waals surface area contributed by atoms with Crippen molar-refractivity contribution < 1.29 is 41.0 Å². The molecule has 1 N–H and O–H groups in total. The van der Waals surface area contributed by atoms with Crippen molar-refractivity contribution in [3.8, 4) is 0 Å². The van der Waals surface area contributed by atoms with Crippen LogP contribution in [0.3, 0.4) is 0 Å². The van der Waals surface area contributed by atoms with E-state index in [1.54, 1.807) is 0 Å². The number of para-hydroxylation sites is 1. The number of pyridine rings is 1. The Hall–Kier alpha value is -3.50. The zero-order valence-corrected chi connectivity index (χ0v) is 20.3. The van der Waals surface area contributed by atoms with Gasteiger partial charge in [0.2, 0.25) is 0 Å². The van der Waals surface area contributed by atoms with Crippen LogP contribution in [0.2, 0.25) is 0 Å². The van der Waals surface area contributed by atoms with Gasteiger partial charge in [0.05, 0.1) is 24.3 Å². The standard InChI is InChI=1S/C25H27F5N2O4/c1-5-14-10-9-11-15(6-2)19(14)31-13-12-16-17(23(33)35-7-3)20(22(26)27)32-21(25(28,29)30)18(16)24(34)36-8-4/h9-13,22,31H,5-8H2,1-4H3/b13-12-. The van der Waals surface area contributed by atoms with Crippen LogP contribution in [-0.2, 0) is 28.5 Å². The molecule has 1 aromatic carbocycles. The highest BCUT2D eigenvalue weighted by atomic mass is 19.4. The van der Waals surface area contributed by atoms with Crippen LogP contribution >= 0.6 is 0 Å². The molecular weight excluding hydrogens is 487 g/mol. The minimum atomic E-state index is -5.29. The predicted octanol–water partition coefficient (Wildman–Crippen LogP) is 6.60. The van der Waals surface area contributed by atoms with Crippen LogP contribution in [0, 0.1) is 0 Å². The second-order valence-corrected chi connectivity index (χ2v) is 7.38. The van der Waals surface area contributed by atoms with Gasteiger partial charge in [-0.3, -0.25) is 0 Å². The molecule has 1 aromatic heterocycles. The number of nitrogens with zero attached hydrogens (tertiary/aromatic N) is 1. The summed E-state index contributed by atoms with van der Waals surface area (Å²) in [6.45, 7) is 6.04. The predicted molar refractivity (Wildman–Crippen MR) is 124 cm³/mol. The summed E-state index contributed by atoms with van der Waals surface area (Å²) < 4.78 is 78.9. The van der Waals surface area contributed by atoms with Crippen molar-refractivity contribution in [1.29, 1.82) is 0 Å². The molecule has 0 atom stereocenters. The Bertz CT molecular complexity index is 1110. The molecule has 0 amide bonds. The fourth-order valence-corrected chi connectivity index (χ4v) is 3.62. The van der Waals surface area contributed by atoms with E-state index >= 15 is 0 Å². The van der Waals surface area contributed by atoms with Crippen molar-refractivity contribution in [3.05, 3.63) is 63.6 Å². The van der Waals surface area contributed by atoms with Crippen LogP contribution in [0.1, 0.15) is 82.9 Å². The van der Waals surface area contributed by atoms with Crippen LogP contribution in [0.25, 0.3) is 6.08 Å². The average molecular weight is 514 g/mol. The molecule has 2 aromatic rings. The van der Waals surface area contributed by atoms with Gasteiger partial charge in [0.1, 0.15) is 5.69 Å². The molecule has 196 valence electrons. The number of alkyl halides is 5. The number of halogens is 5. The number of aromatic nitrogens is 1. The highest BCUT2D eigenvalue weighted by Crippen LogP contribution is 2.38. The Balaban J connectivity index is 2.87. The summed E-state index contributed by atoms with van der Waals surface area (Å²) in [5.74, 6) is -2.81. The van der Waals surface area contributed by atoms with Crippen molar-refractivity contribution >= 4 is 23.7 Å². The highest BCUT2D eigenvalue weighted by molar-refractivity contribution is 6.03. The third-order valence-corrected chi connectivity index (χ3v) is 5.17. The van der Waals surface area contributed by atoms with E-state index in [2.05, 4.69) is 10.3 Å². The van der Waals surface area contributed by atoms with E-state index in [9.17, 15) is 31.5 Å². The number of esters is 2. The van der Waals surface area contributed by atoms with Crippen molar-refractivity contribution in [2.45, 2.75) is 53.1 Å². The topological polar surface area (TPSA) is 77.5 Å². The molecule has 0 aliphatic carbocycles. The van der Waals surface area contributed by atoms with Crippen LogP contribution in [0.5, 0.6) is 0 Å². The lowest BCUT2D eigenvalue weighted by Crippen LogP contribution is -2.24. The van der Waals surface area contributed by atoms with E-state index in [4.69, 9.17) is 9.47 Å². The van der Waals surface area contributed by atoms with E-state index in [-0.39, 0.29) is 13.2 Å². The molecule has 11 heteroatoms. The Morgan fingerprint density at radius 2 is 1.50 bits per heavy atom. The summed E-state index contributed by atoms with van der Waals surface area (Å²) in [4.78, 5) is 28.3. The van der Waals surface area contributed by atoms with Gasteiger partial charge in [0.15, 0.2) is 5.69 Å². The molecule has 0 aliphatic rings. The molecule has 0 radical (unpaired) electrons. The van der Waals surface area contributed by atoms with E-state index in [0.717, 1.165) is 17.2 Å². The van der Waals surface area contributed by atoms with Gasteiger partial charge in [-0.05, 0) is 43.9 Å². The maximum Gasteiger partial charge on any atom is 0.434 e. The zero-order chi connectivity index (χ0) is 27.0. The second-order valence-electron chi connectivity index (χ2n) is 7.38. The number of anilines is 1. The normalized spacial score (nSPS) is 11.7. The lowest BCUT2D eigenvalue weighted by Gasteiger charge is -2.19. The molecule has 36 heavy (non-hydrogen) atoms. The molecule has 0 saturated carbocycles. The quantitative estimate of drug-likeness (QED) is 0.284. The van der Waals surface area contributed by atoms with Gasteiger partial charge in [0, 0.05) is 17.5 Å². The number of carbonyl (C=O) groups is 2. The molecule has 0 bridgehead atoms. The van der Waals surface area contributed by atoms with E-state index < -0.39 is 52.6 Å². The number of benzene rings is 1. The monoisotopic (exact) mass is 514 g/mol. The first-order valence-electron chi connectivity index (χ1n) is 11.3. The number of rotatable bonds is 10. The van der Waals surface area contributed by atoms with Gasteiger partial charge in [-0.25, -0.2) is 23.4 Å². The second kappa shape index (κ2) is 12.5. The Morgan fingerprint density at radius 1 is 0.972 bits per heavy atom. The molecular formula is C25H27F5N2O4. The van der Waals surface area contributed by atoms with Crippen LogP contribution in [0.15, 0.2) is 24.4 Å². The number of nitrogens with one attached hydrogen (secondary N) is 1. The lowest BCUT2D eigenvalue weighted by atomic mass is 9.97. The average Bonchev–Trinajstić information content (AvgIpc) is 2.82. The number of hydrogen-bond donors (Lipinski definition) is 1. The minimum absolute atomic E-state index is 0.248. The summed E-state index contributed by atoms with van der Waals surface area (Å²) in [7, 11) is 0. The zero-order valence-electron chi connectivity index (χ0n) is 20.3. The Labute approximate surface area is 205 Å². The Kier molecular flexibility index (Phi) is 9.94. The van der Waals surface area contributed by atoms with E-state index in [1.807, 2.05) is 32.0 Å². The number of aryl methyl sites for hydroxylation is 2. The summed E-state index contributed by atoms with van der Waals surface area (Å²) in [6.07, 6.45) is -5.45. The molecule has 2 rings (SSSR count). The van der Waals surface area contributed by atoms with Crippen LogP contribution in [-0.4, -0.2) is 30.1 Å². The Morgan fingerprint density at radius 3 is 1.94 bits per heavy atom. The molecule has 0 unspecified atom stereocenters. The van der Waals surface area contributed by atoms with Crippen LogP contribution < -0.4 is 5.32 Å². The summed E-state index contributed by atoms with van der Waals surface area (Å²) in [5.41, 5.74) is -3.69. The van der Waals surface area contributed by atoms with Crippen molar-refractivity contribution in [2.24, 2.45) is 0 Å². The third-order valence-electron chi connectivity index (χ3n) is 5.17. The minimum Gasteiger partial charge on any atom is -0.462 e. The first kappa shape index (κ1) is 28.7. The molecule has 1 heterocycles. The maximum atomic E-state index is 13.9. The van der Waals surface area contributed by atoms with Gasteiger partial charge < -0.3 is 14.8 Å². The number of hydrogen-bond acceptors (Lipinski definition) is 6. The van der Waals surface area contributed by atoms with Crippen molar-refractivity contribution in [1.82, 2.24) is 4.98 Å². The van der Waals surface area contributed by atoms with Gasteiger partial charge >= 0.3 is 18.1 Å². The first-order valence-corrected chi connectivity index (χ1v) is 11.3. The van der Waals surface area contributed by atoms with Gasteiger partial charge in [-0.2, -0.15) is 13.2 Å². The maximum absolute atomic E-state index is 13.9. The van der Waals surface area contributed by atoms with Crippen LogP contribution in [0.4, 0.5) is 27.6 Å². The lowest BCUT2D eigenvalue weighted by molar-refractivity contribution is -0.142. The van der Waals surface area contributed by atoms with E-state index in [1.165, 1.54) is 20.0 Å². The van der Waals surface area contributed by atoms with Crippen molar-refractivity contribution in [2.75, 3.05) is 18.5 Å². The fourth-order valence-electron chi connectivity index (χ4n) is 3.62. The van der Waals surface area contributed by atoms with Gasteiger partial charge in [-0.15, -0.1) is 0 Å². The van der Waals surface area contributed by atoms with Crippen molar-refractivity contribution in [3.63, 3.8) is 0 Å². The summed E-state index contributed by atoms with van der Waals surface area (Å²) in [6, 6.07) is 5.57. The SMILES string of the molecule is CCOC(=O)c1c(C(F)F)nc(C(F)(F)F)c(C(=O)OCC)c1/C=C\Nc1c(CC)cccc1CC. The molecule has 0 aliphatic heterocycles. The van der Waals surface area contributed by atoms with E-state index in [0.29, 0.717) is 18.5 Å². The summed E-state index contributed by atoms with van der Waals surface area (Å²) in [5, 5.41) is 2.96. The third kappa shape index (κ3) is 6.38. The van der Waals surface area contributed by atoms with Gasteiger partial charge in [0.25, 0.3) is 6.43 Å². The smallest absolute Gasteiger partial charge is 0.434 e. The number of ether oxygens (including phenoxy) is 2. The molecule has 0 fully saturated rings. The fraction of sp³-hybridized carbons (Fsp3) is 0.400. The first-order chi connectivity index (χ1) is 17.0. The van der Waals surface area contributed by atoms with Gasteiger partial charge in [-0.1, -0.05) is 32.0 Å². The molecule has 6 nitrogen and oxygen atoms in total. The summed E-state index contributed by atoms with van der Waals surface area (Å²) >= 11 is 0. The largest absolute Gasteiger partial charge is 0.462 e. The highest BCUT2D eigenvalue weighted by Gasteiger charge is 2.42.